The van der Waals surface area contributed by atoms with Crippen molar-refractivity contribution in [1.82, 2.24) is 0 Å². The predicted molar refractivity (Wildman–Crippen MR) is 67.7 cm³/mol. The fourth-order valence-corrected chi connectivity index (χ4v) is 1.43. The molecule has 0 saturated heterocycles. The molecule has 5 nitrogen and oxygen atoms in total. The Morgan fingerprint density at radius 3 is 2.22 bits per heavy atom. The number of rotatable bonds is 5. The van der Waals surface area contributed by atoms with Crippen molar-refractivity contribution >= 4 is 17.6 Å². The standard InChI is InChI=1S/C13H17NO4/c1-14(12(15)8-9-13(16)18-3)10-4-6-11(17-2)7-5-10/h4-7H,8-9H2,1-3H3. The van der Waals surface area contributed by atoms with Gasteiger partial charge in [-0.25, -0.2) is 0 Å². The van der Waals surface area contributed by atoms with Gasteiger partial charge in [0.2, 0.25) is 5.91 Å². The summed E-state index contributed by atoms with van der Waals surface area (Å²) in [6.45, 7) is 0. The highest BCUT2D eigenvalue weighted by Crippen LogP contribution is 2.18. The Balaban J connectivity index is 2.59. The number of benzene rings is 1. The van der Waals surface area contributed by atoms with Gasteiger partial charge in [0, 0.05) is 19.2 Å². The van der Waals surface area contributed by atoms with Crippen molar-refractivity contribution in [3.8, 4) is 5.75 Å². The molecule has 5 heteroatoms. The SMILES string of the molecule is COC(=O)CCC(=O)N(C)c1ccc(OC)cc1. The summed E-state index contributed by atoms with van der Waals surface area (Å²) in [6, 6.07) is 7.13. The number of carbonyl (C=O) groups excluding carboxylic acids is 2. The minimum absolute atomic E-state index is 0.0931. The van der Waals surface area contributed by atoms with Gasteiger partial charge >= 0.3 is 5.97 Å². The summed E-state index contributed by atoms with van der Waals surface area (Å²) in [5.41, 5.74) is 0.755. The summed E-state index contributed by atoms with van der Waals surface area (Å²) in [6.07, 6.45) is 0.227. The third-order valence-electron chi connectivity index (χ3n) is 2.60. The van der Waals surface area contributed by atoms with Gasteiger partial charge < -0.3 is 14.4 Å². The molecule has 0 N–H and O–H groups in total. The molecule has 0 saturated carbocycles. The first-order valence-electron chi connectivity index (χ1n) is 5.56. The van der Waals surface area contributed by atoms with Crippen LogP contribution in [0.4, 0.5) is 5.69 Å². The molecule has 1 amide bonds. The Bertz CT molecular complexity index is 414. The molecule has 0 aliphatic carbocycles. The highest BCUT2D eigenvalue weighted by Gasteiger charge is 2.13. The van der Waals surface area contributed by atoms with E-state index < -0.39 is 0 Å². The fourth-order valence-electron chi connectivity index (χ4n) is 1.43. The van der Waals surface area contributed by atoms with Gasteiger partial charge in [0.15, 0.2) is 0 Å². The molecule has 0 aliphatic heterocycles. The number of nitrogens with zero attached hydrogens (tertiary/aromatic N) is 1. The van der Waals surface area contributed by atoms with Crippen molar-refractivity contribution in [1.29, 1.82) is 0 Å². The lowest BCUT2D eigenvalue weighted by atomic mass is 10.2. The number of carbonyl (C=O) groups is 2. The minimum atomic E-state index is -0.383. The van der Waals surface area contributed by atoms with Crippen molar-refractivity contribution in [3.63, 3.8) is 0 Å². The van der Waals surface area contributed by atoms with Crippen LogP contribution < -0.4 is 9.64 Å². The zero-order valence-corrected chi connectivity index (χ0v) is 10.8. The summed E-state index contributed by atoms with van der Waals surface area (Å²) in [7, 11) is 4.56. The third-order valence-corrected chi connectivity index (χ3v) is 2.60. The van der Waals surface area contributed by atoms with E-state index in [9.17, 15) is 9.59 Å². The minimum Gasteiger partial charge on any atom is -0.497 e. The van der Waals surface area contributed by atoms with Crippen molar-refractivity contribution in [2.45, 2.75) is 12.8 Å². The number of ether oxygens (including phenoxy) is 2. The van der Waals surface area contributed by atoms with E-state index in [-0.39, 0.29) is 24.7 Å². The van der Waals surface area contributed by atoms with Gasteiger partial charge in [-0.1, -0.05) is 0 Å². The van der Waals surface area contributed by atoms with Gasteiger partial charge in [0.05, 0.1) is 20.6 Å². The van der Waals surface area contributed by atoms with Crippen LogP contribution in [0.2, 0.25) is 0 Å². The lowest BCUT2D eigenvalue weighted by molar-refractivity contribution is -0.141. The van der Waals surface area contributed by atoms with Gasteiger partial charge in [-0.3, -0.25) is 9.59 Å². The predicted octanol–water partition coefficient (Wildman–Crippen LogP) is 1.61. The molecule has 0 unspecified atom stereocenters. The van der Waals surface area contributed by atoms with E-state index in [0.29, 0.717) is 0 Å². The van der Waals surface area contributed by atoms with Crippen LogP contribution in [0.15, 0.2) is 24.3 Å². The molecule has 0 radical (unpaired) electrons. The smallest absolute Gasteiger partial charge is 0.306 e. The summed E-state index contributed by atoms with van der Waals surface area (Å²) in [5, 5.41) is 0. The van der Waals surface area contributed by atoms with Gasteiger partial charge in [-0.2, -0.15) is 0 Å². The number of methoxy groups -OCH3 is 2. The zero-order valence-electron chi connectivity index (χ0n) is 10.8. The van der Waals surface area contributed by atoms with Crippen molar-refractivity contribution < 1.29 is 19.1 Å². The van der Waals surface area contributed by atoms with E-state index in [1.807, 2.05) is 0 Å². The zero-order chi connectivity index (χ0) is 13.5. The van der Waals surface area contributed by atoms with Crippen LogP contribution in [0.1, 0.15) is 12.8 Å². The Morgan fingerprint density at radius 2 is 1.72 bits per heavy atom. The second-order valence-corrected chi connectivity index (χ2v) is 3.73. The van der Waals surface area contributed by atoms with Crippen molar-refractivity contribution in [2.75, 3.05) is 26.2 Å². The monoisotopic (exact) mass is 251 g/mol. The second kappa shape index (κ2) is 6.64. The molecule has 0 aliphatic rings. The van der Waals surface area contributed by atoms with E-state index in [1.165, 1.54) is 12.0 Å². The maximum absolute atomic E-state index is 11.8. The Hall–Kier alpha value is -2.04. The first kappa shape index (κ1) is 14.0. The summed E-state index contributed by atoms with van der Waals surface area (Å²) < 4.78 is 9.53. The van der Waals surface area contributed by atoms with Gasteiger partial charge in [-0.05, 0) is 24.3 Å². The first-order chi connectivity index (χ1) is 8.58. The highest BCUT2D eigenvalue weighted by molar-refractivity contribution is 5.94. The maximum Gasteiger partial charge on any atom is 0.306 e. The fraction of sp³-hybridized carbons (Fsp3) is 0.385. The molecule has 0 bridgehead atoms. The van der Waals surface area contributed by atoms with E-state index in [0.717, 1.165) is 11.4 Å². The average Bonchev–Trinajstić information content (AvgIpc) is 2.43. The third kappa shape index (κ3) is 3.76. The van der Waals surface area contributed by atoms with Gasteiger partial charge in [0.1, 0.15) is 5.75 Å². The number of hydrogen-bond acceptors (Lipinski definition) is 4. The van der Waals surface area contributed by atoms with E-state index in [4.69, 9.17) is 4.74 Å². The first-order valence-corrected chi connectivity index (χ1v) is 5.56. The number of hydrogen-bond donors (Lipinski definition) is 0. The Kier molecular flexibility index (Phi) is 5.17. The molecule has 0 heterocycles. The molecule has 0 fully saturated rings. The molecular formula is C13H17NO4. The van der Waals surface area contributed by atoms with Crippen molar-refractivity contribution in [3.05, 3.63) is 24.3 Å². The summed E-state index contributed by atoms with van der Waals surface area (Å²) in [4.78, 5) is 24.3. The maximum atomic E-state index is 11.8. The molecule has 0 aromatic heterocycles. The second-order valence-electron chi connectivity index (χ2n) is 3.73. The van der Waals surface area contributed by atoms with Crippen LogP contribution >= 0.6 is 0 Å². The Labute approximate surface area is 106 Å². The van der Waals surface area contributed by atoms with Gasteiger partial charge in [-0.15, -0.1) is 0 Å². The molecule has 98 valence electrons. The average molecular weight is 251 g/mol. The number of amides is 1. The van der Waals surface area contributed by atoms with Crippen LogP contribution in [0, 0.1) is 0 Å². The van der Waals surface area contributed by atoms with E-state index >= 15 is 0 Å². The van der Waals surface area contributed by atoms with Crippen LogP contribution in [0.5, 0.6) is 5.75 Å². The normalized spacial score (nSPS) is 9.72. The largest absolute Gasteiger partial charge is 0.497 e. The molecule has 18 heavy (non-hydrogen) atoms. The molecule has 1 rings (SSSR count). The quantitative estimate of drug-likeness (QED) is 0.746. The number of esters is 1. The molecule has 1 aromatic rings. The molecule has 1 aromatic carbocycles. The van der Waals surface area contributed by atoms with Crippen LogP contribution in [-0.4, -0.2) is 33.1 Å². The van der Waals surface area contributed by atoms with Crippen LogP contribution in [0.25, 0.3) is 0 Å². The van der Waals surface area contributed by atoms with Crippen LogP contribution in [0.3, 0.4) is 0 Å². The summed E-state index contributed by atoms with van der Waals surface area (Å²) in [5.74, 6) is 0.214. The number of anilines is 1. The topological polar surface area (TPSA) is 55.8 Å². The molecule has 0 atom stereocenters. The molecular weight excluding hydrogens is 234 g/mol. The lowest BCUT2D eigenvalue weighted by Crippen LogP contribution is -2.26. The lowest BCUT2D eigenvalue weighted by Gasteiger charge is -2.17. The molecule has 0 spiro atoms. The summed E-state index contributed by atoms with van der Waals surface area (Å²) >= 11 is 0. The van der Waals surface area contributed by atoms with Gasteiger partial charge in [0.25, 0.3) is 0 Å². The highest BCUT2D eigenvalue weighted by atomic mass is 16.5. The van der Waals surface area contributed by atoms with E-state index in [2.05, 4.69) is 4.74 Å². The van der Waals surface area contributed by atoms with Crippen LogP contribution in [-0.2, 0) is 14.3 Å². The van der Waals surface area contributed by atoms with E-state index in [1.54, 1.807) is 38.4 Å². The Morgan fingerprint density at radius 1 is 1.11 bits per heavy atom. The van der Waals surface area contributed by atoms with Crippen molar-refractivity contribution in [2.24, 2.45) is 0 Å².